The SMILES string of the molecule is CC(C)(C#N)CCCS(=O)C1CCCC1. The summed E-state index contributed by atoms with van der Waals surface area (Å²) in [5, 5.41) is 9.30. The predicted octanol–water partition coefficient (Wildman–Crippen LogP) is 3.01. The largest absolute Gasteiger partial charge is 0.259 e. The molecule has 0 aromatic carbocycles. The quantitative estimate of drug-likeness (QED) is 0.724. The van der Waals surface area contributed by atoms with E-state index in [0.29, 0.717) is 5.25 Å². The van der Waals surface area contributed by atoms with Gasteiger partial charge >= 0.3 is 0 Å². The number of nitrogens with zero attached hydrogens (tertiary/aromatic N) is 1. The minimum atomic E-state index is -0.641. The molecule has 15 heavy (non-hydrogen) atoms. The Labute approximate surface area is 95.5 Å². The van der Waals surface area contributed by atoms with Gasteiger partial charge in [0.2, 0.25) is 0 Å². The third-order valence-corrected chi connectivity index (χ3v) is 5.03. The Morgan fingerprint density at radius 3 is 2.53 bits per heavy atom. The highest BCUT2D eigenvalue weighted by molar-refractivity contribution is 7.85. The zero-order valence-corrected chi connectivity index (χ0v) is 10.6. The van der Waals surface area contributed by atoms with Gasteiger partial charge in [-0.3, -0.25) is 4.21 Å². The van der Waals surface area contributed by atoms with Crippen molar-refractivity contribution in [2.75, 3.05) is 5.75 Å². The molecular weight excluding hydrogens is 206 g/mol. The molecule has 0 saturated heterocycles. The minimum Gasteiger partial charge on any atom is -0.259 e. The maximum absolute atomic E-state index is 11.8. The summed E-state index contributed by atoms with van der Waals surface area (Å²) >= 11 is 0. The summed E-state index contributed by atoms with van der Waals surface area (Å²) in [7, 11) is -0.641. The predicted molar refractivity (Wildman–Crippen MR) is 63.9 cm³/mol. The Morgan fingerprint density at radius 1 is 1.40 bits per heavy atom. The Balaban J connectivity index is 2.20. The molecular formula is C12H21NOS. The molecule has 1 rings (SSSR count). The molecule has 0 radical (unpaired) electrons. The lowest BCUT2D eigenvalue weighted by molar-refractivity contribution is 0.446. The summed E-state index contributed by atoms with van der Waals surface area (Å²) in [6.07, 6.45) is 6.58. The van der Waals surface area contributed by atoms with Crippen molar-refractivity contribution >= 4 is 10.8 Å². The van der Waals surface area contributed by atoms with E-state index >= 15 is 0 Å². The molecule has 86 valence electrons. The summed E-state index contributed by atoms with van der Waals surface area (Å²) in [5.41, 5.74) is -0.250. The van der Waals surface area contributed by atoms with Gasteiger partial charge in [-0.15, -0.1) is 0 Å². The number of nitriles is 1. The van der Waals surface area contributed by atoms with E-state index in [1.54, 1.807) is 0 Å². The van der Waals surface area contributed by atoms with Crippen molar-refractivity contribution in [3.05, 3.63) is 0 Å². The van der Waals surface area contributed by atoms with Gasteiger partial charge in [0.25, 0.3) is 0 Å². The van der Waals surface area contributed by atoms with Gasteiger partial charge in [0.05, 0.1) is 11.5 Å². The molecule has 0 spiro atoms. The summed E-state index contributed by atoms with van der Waals surface area (Å²) in [5.74, 6) is 0.787. The van der Waals surface area contributed by atoms with Crippen LogP contribution in [0.4, 0.5) is 0 Å². The molecule has 1 unspecified atom stereocenters. The topological polar surface area (TPSA) is 40.9 Å². The number of hydrogen-bond acceptors (Lipinski definition) is 2. The molecule has 0 aliphatic heterocycles. The normalized spacial score (nSPS) is 20.1. The Bertz CT molecular complexity index is 261. The van der Waals surface area contributed by atoms with Gasteiger partial charge in [0.15, 0.2) is 0 Å². The van der Waals surface area contributed by atoms with Crippen LogP contribution in [-0.2, 0) is 10.8 Å². The van der Waals surface area contributed by atoms with Crippen LogP contribution < -0.4 is 0 Å². The van der Waals surface area contributed by atoms with Gasteiger partial charge < -0.3 is 0 Å². The lowest BCUT2D eigenvalue weighted by Crippen LogP contribution is -2.16. The average molecular weight is 227 g/mol. The Hall–Kier alpha value is -0.360. The van der Waals surface area contributed by atoms with Crippen LogP contribution in [0, 0.1) is 16.7 Å². The zero-order chi connectivity index (χ0) is 11.3. The van der Waals surface area contributed by atoms with Crippen molar-refractivity contribution < 1.29 is 4.21 Å². The highest BCUT2D eigenvalue weighted by atomic mass is 32.2. The molecule has 0 heterocycles. The molecule has 0 aromatic heterocycles. The van der Waals surface area contributed by atoms with Crippen molar-refractivity contribution in [3.8, 4) is 6.07 Å². The lowest BCUT2D eigenvalue weighted by atomic mass is 9.90. The maximum atomic E-state index is 11.8. The molecule has 1 atom stereocenters. The first-order chi connectivity index (χ1) is 7.05. The second-order valence-corrected chi connectivity index (χ2v) is 6.93. The van der Waals surface area contributed by atoms with Crippen LogP contribution in [0.25, 0.3) is 0 Å². The molecule has 3 heteroatoms. The fourth-order valence-electron chi connectivity index (χ4n) is 2.03. The van der Waals surface area contributed by atoms with E-state index in [-0.39, 0.29) is 5.41 Å². The molecule has 0 N–H and O–H groups in total. The van der Waals surface area contributed by atoms with Gasteiger partial charge in [-0.25, -0.2) is 0 Å². The Morgan fingerprint density at radius 2 is 2.00 bits per heavy atom. The van der Waals surface area contributed by atoms with Crippen molar-refractivity contribution in [2.24, 2.45) is 5.41 Å². The second kappa shape index (κ2) is 5.65. The van der Waals surface area contributed by atoms with E-state index in [4.69, 9.17) is 5.26 Å². The molecule has 0 aromatic rings. The van der Waals surface area contributed by atoms with Crippen molar-refractivity contribution in [1.29, 1.82) is 5.26 Å². The number of hydrogen-bond donors (Lipinski definition) is 0. The minimum absolute atomic E-state index is 0.250. The standard InChI is InChI=1S/C12H21NOS/c1-12(2,10-13)8-5-9-15(14)11-6-3-4-7-11/h11H,3-9H2,1-2H3. The van der Waals surface area contributed by atoms with E-state index in [1.807, 2.05) is 13.8 Å². The van der Waals surface area contributed by atoms with Crippen LogP contribution in [0.15, 0.2) is 0 Å². The molecule has 1 aliphatic rings. The average Bonchev–Trinajstić information content (AvgIpc) is 2.70. The molecule has 2 nitrogen and oxygen atoms in total. The third kappa shape index (κ3) is 4.34. The van der Waals surface area contributed by atoms with Crippen molar-refractivity contribution in [3.63, 3.8) is 0 Å². The zero-order valence-electron chi connectivity index (χ0n) is 9.79. The van der Waals surface area contributed by atoms with E-state index in [1.165, 1.54) is 12.8 Å². The van der Waals surface area contributed by atoms with Crippen molar-refractivity contribution in [2.45, 2.75) is 57.6 Å². The fraction of sp³-hybridized carbons (Fsp3) is 0.917. The van der Waals surface area contributed by atoms with Gasteiger partial charge in [0.1, 0.15) is 0 Å². The van der Waals surface area contributed by atoms with Crippen molar-refractivity contribution in [1.82, 2.24) is 0 Å². The van der Waals surface area contributed by atoms with Gasteiger partial charge in [-0.1, -0.05) is 12.8 Å². The fourth-order valence-corrected chi connectivity index (χ4v) is 3.65. The van der Waals surface area contributed by atoms with Gasteiger partial charge in [-0.05, 0) is 39.5 Å². The maximum Gasteiger partial charge on any atom is 0.0683 e. The summed E-state index contributed by atoms with van der Waals surface area (Å²) in [6.45, 7) is 3.90. The molecule has 1 saturated carbocycles. The summed E-state index contributed by atoms with van der Waals surface area (Å²) in [4.78, 5) is 0. The van der Waals surface area contributed by atoms with E-state index in [9.17, 15) is 4.21 Å². The third-order valence-electron chi connectivity index (χ3n) is 3.12. The first-order valence-electron chi connectivity index (χ1n) is 5.83. The van der Waals surface area contributed by atoms with Crippen LogP contribution in [0.1, 0.15) is 52.4 Å². The highest BCUT2D eigenvalue weighted by Crippen LogP contribution is 2.25. The van der Waals surface area contributed by atoms with E-state index in [2.05, 4.69) is 6.07 Å². The van der Waals surface area contributed by atoms with Crippen LogP contribution in [0.5, 0.6) is 0 Å². The smallest absolute Gasteiger partial charge is 0.0683 e. The second-order valence-electron chi connectivity index (χ2n) is 5.09. The van der Waals surface area contributed by atoms with E-state index < -0.39 is 10.8 Å². The summed E-state index contributed by atoms with van der Waals surface area (Å²) in [6, 6.07) is 2.29. The lowest BCUT2D eigenvalue weighted by Gasteiger charge is -2.15. The first-order valence-corrected chi connectivity index (χ1v) is 7.22. The van der Waals surface area contributed by atoms with Gasteiger partial charge in [-0.2, -0.15) is 5.26 Å². The molecule has 1 fully saturated rings. The monoisotopic (exact) mass is 227 g/mol. The molecule has 0 bridgehead atoms. The van der Waals surface area contributed by atoms with Crippen LogP contribution in [-0.4, -0.2) is 15.2 Å². The summed E-state index contributed by atoms with van der Waals surface area (Å²) < 4.78 is 11.8. The van der Waals surface area contributed by atoms with Gasteiger partial charge in [0, 0.05) is 21.8 Å². The van der Waals surface area contributed by atoms with Crippen LogP contribution >= 0.6 is 0 Å². The number of rotatable bonds is 5. The first kappa shape index (κ1) is 12.7. The highest BCUT2D eigenvalue weighted by Gasteiger charge is 2.22. The van der Waals surface area contributed by atoms with Crippen LogP contribution in [0.3, 0.4) is 0 Å². The molecule has 0 amide bonds. The van der Waals surface area contributed by atoms with E-state index in [0.717, 1.165) is 31.4 Å². The van der Waals surface area contributed by atoms with Crippen LogP contribution in [0.2, 0.25) is 0 Å². The molecule has 1 aliphatic carbocycles. The Kier molecular flexibility index (Phi) is 4.79.